The molecule has 0 radical (unpaired) electrons. The van der Waals surface area contributed by atoms with E-state index in [1.165, 1.54) is 31.4 Å². The van der Waals surface area contributed by atoms with Crippen LogP contribution in [0.1, 0.15) is 26.3 Å². The quantitative estimate of drug-likeness (QED) is 0.627. The van der Waals surface area contributed by atoms with Gasteiger partial charge in [-0.15, -0.1) is 0 Å². The summed E-state index contributed by atoms with van der Waals surface area (Å²) in [7, 11) is 1.49. The van der Waals surface area contributed by atoms with Crippen LogP contribution in [0.5, 0.6) is 5.75 Å². The third-order valence-corrected chi connectivity index (χ3v) is 3.48. The van der Waals surface area contributed by atoms with E-state index in [2.05, 4.69) is 0 Å². The first-order valence-corrected chi connectivity index (χ1v) is 6.86. The highest BCUT2D eigenvalue weighted by Gasteiger charge is 2.28. The Bertz CT molecular complexity index is 791. The van der Waals surface area contributed by atoms with Crippen LogP contribution >= 0.6 is 0 Å². The zero-order valence-corrected chi connectivity index (χ0v) is 12.7. The van der Waals surface area contributed by atoms with Gasteiger partial charge in [0.05, 0.1) is 13.2 Å². The molecule has 0 aromatic heterocycles. The van der Waals surface area contributed by atoms with Crippen molar-refractivity contribution in [2.75, 3.05) is 7.11 Å². The van der Waals surface area contributed by atoms with Crippen LogP contribution in [0.15, 0.2) is 42.5 Å². The minimum Gasteiger partial charge on any atom is -0.497 e. The molecule has 1 atom stereocenters. The zero-order valence-electron chi connectivity index (χ0n) is 12.7. The zero-order chi connectivity index (χ0) is 17.0. The summed E-state index contributed by atoms with van der Waals surface area (Å²) in [4.78, 5) is 24.7. The number of ketones is 2. The normalized spacial score (nSPS) is 11.4. The molecular formula is C18H14FNO3. The second kappa shape index (κ2) is 6.84. The maximum absolute atomic E-state index is 13.6. The predicted molar refractivity (Wildman–Crippen MR) is 81.9 cm³/mol. The highest BCUT2D eigenvalue weighted by molar-refractivity contribution is 6.18. The maximum atomic E-state index is 13.6. The van der Waals surface area contributed by atoms with Crippen molar-refractivity contribution in [3.05, 3.63) is 65.0 Å². The van der Waals surface area contributed by atoms with E-state index in [4.69, 9.17) is 4.74 Å². The lowest BCUT2D eigenvalue weighted by Crippen LogP contribution is -2.23. The van der Waals surface area contributed by atoms with Crippen molar-refractivity contribution in [3.8, 4) is 11.8 Å². The average molecular weight is 311 g/mol. The van der Waals surface area contributed by atoms with Crippen LogP contribution in [0.2, 0.25) is 0 Å². The Kier molecular flexibility index (Phi) is 4.87. The summed E-state index contributed by atoms with van der Waals surface area (Å²) in [5.74, 6) is -2.84. The lowest BCUT2D eigenvalue weighted by Gasteiger charge is -2.09. The van der Waals surface area contributed by atoms with Crippen LogP contribution in [-0.2, 0) is 0 Å². The number of aryl methyl sites for hydroxylation is 1. The largest absolute Gasteiger partial charge is 0.497 e. The Balaban J connectivity index is 2.30. The molecule has 116 valence electrons. The first kappa shape index (κ1) is 16.4. The molecule has 0 saturated carbocycles. The lowest BCUT2D eigenvalue weighted by molar-refractivity contribution is 0.0845. The van der Waals surface area contributed by atoms with Crippen LogP contribution in [0.25, 0.3) is 0 Å². The molecule has 0 spiro atoms. The molecule has 5 heteroatoms. The van der Waals surface area contributed by atoms with Gasteiger partial charge in [0.25, 0.3) is 0 Å². The number of rotatable bonds is 5. The van der Waals surface area contributed by atoms with Gasteiger partial charge >= 0.3 is 0 Å². The number of nitrogens with zero attached hydrogens (tertiary/aromatic N) is 1. The molecule has 0 saturated heterocycles. The smallest absolute Gasteiger partial charge is 0.188 e. The molecule has 2 aromatic rings. The van der Waals surface area contributed by atoms with Gasteiger partial charge in [0.15, 0.2) is 17.5 Å². The fraction of sp³-hybridized carbons (Fsp3) is 0.167. The molecule has 2 aromatic carbocycles. The summed E-state index contributed by atoms with van der Waals surface area (Å²) in [5.41, 5.74) is 0.608. The first-order valence-electron chi connectivity index (χ1n) is 6.86. The fourth-order valence-electron chi connectivity index (χ4n) is 2.07. The molecule has 0 aliphatic rings. The van der Waals surface area contributed by atoms with Crippen molar-refractivity contribution < 1.29 is 18.7 Å². The van der Waals surface area contributed by atoms with E-state index < -0.39 is 23.3 Å². The minimum absolute atomic E-state index is 0.00140. The number of methoxy groups -OCH3 is 1. The number of nitriles is 1. The van der Waals surface area contributed by atoms with E-state index >= 15 is 0 Å². The average Bonchev–Trinajstić information content (AvgIpc) is 2.57. The Morgan fingerprint density at radius 3 is 2.17 bits per heavy atom. The molecule has 0 heterocycles. The number of benzene rings is 2. The fourth-order valence-corrected chi connectivity index (χ4v) is 2.07. The number of ether oxygens (including phenoxy) is 1. The third-order valence-electron chi connectivity index (χ3n) is 3.48. The van der Waals surface area contributed by atoms with Crippen molar-refractivity contribution in [1.29, 1.82) is 5.26 Å². The van der Waals surface area contributed by atoms with Gasteiger partial charge in [-0.05, 0) is 42.8 Å². The third kappa shape index (κ3) is 3.43. The van der Waals surface area contributed by atoms with E-state index in [0.717, 1.165) is 6.07 Å². The van der Waals surface area contributed by atoms with Gasteiger partial charge in [0, 0.05) is 11.1 Å². The minimum atomic E-state index is -1.51. The van der Waals surface area contributed by atoms with Gasteiger partial charge in [-0.1, -0.05) is 12.1 Å². The molecule has 0 unspecified atom stereocenters. The lowest BCUT2D eigenvalue weighted by atomic mass is 9.91. The van der Waals surface area contributed by atoms with E-state index in [1.807, 2.05) is 0 Å². The van der Waals surface area contributed by atoms with Crippen molar-refractivity contribution in [3.63, 3.8) is 0 Å². The van der Waals surface area contributed by atoms with Crippen LogP contribution in [0.4, 0.5) is 4.39 Å². The highest BCUT2D eigenvalue weighted by atomic mass is 19.1. The highest BCUT2D eigenvalue weighted by Crippen LogP contribution is 2.19. The SMILES string of the molecule is COc1ccc(C(=O)[C@@H](C#N)C(=O)c2ccc(C)c(F)c2)cc1. The molecule has 0 aliphatic heterocycles. The van der Waals surface area contributed by atoms with Gasteiger partial charge in [-0.3, -0.25) is 9.59 Å². The Hall–Kier alpha value is -3.00. The van der Waals surface area contributed by atoms with Crippen LogP contribution in [0.3, 0.4) is 0 Å². The molecule has 0 aliphatic carbocycles. The number of carbonyl (C=O) groups excluding carboxylic acids is 2. The van der Waals surface area contributed by atoms with Gasteiger partial charge in [-0.2, -0.15) is 5.26 Å². The van der Waals surface area contributed by atoms with Crippen LogP contribution in [0, 0.1) is 30.0 Å². The summed E-state index contributed by atoms with van der Waals surface area (Å²) >= 11 is 0. The molecule has 4 nitrogen and oxygen atoms in total. The molecule has 0 fully saturated rings. The number of hydrogen-bond donors (Lipinski definition) is 0. The van der Waals surface area contributed by atoms with Crippen LogP contribution in [-0.4, -0.2) is 18.7 Å². The maximum Gasteiger partial charge on any atom is 0.188 e. The second-order valence-corrected chi connectivity index (χ2v) is 4.98. The first-order chi connectivity index (χ1) is 11.0. The summed E-state index contributed by atoms with van der Waals surface area (Å²) < 4.78 is 18.6. The molecule has 0 amide bonds. The molecule has 0 N–H and O–H groups in total. The topological polar surface area (TPSA) is 67.2 Å². The van der Waals surface area contributed by atoms with E-state index in [0.29, 0.717) is 11.3 Å². The molecule has 23 heavy (non-hydrogen) atoms. The summed E-state index contributed by atoms with van der Waals surface area (Å²) in [6.07, 6.45) is 0. The monoisotopic (exact) mass is 311 g/mol. The summed E-state index contributed by atoms with van der Waals surface area (Å²) in [5, 5.41) is 9.20. The molecular weight excluding hydrogens is 297 g/mol. The van der Waals surface area contributed by atoms with Crippen LogP contribution < -0.4 is 4.74 Å². The van der Waals surface area contributed by atoms with Crippen molar-refractivity contribution >= 4 is 11.6 Å². The second-order valence-electron chi connectivity index (χ2n) is 4.98. The van der Waals surface area contributed by atoms with Crippen molar-refractivity contribution in [2.45, 2.75) is 6.92 Å². The Morgan fingerprint density at radius 2 is 1.65 bits per heavy atom. The van der Waals surface area contributed by atoms with Gasteiger partial charge in [0.1, 0.15) is 11.6 Å². The standard InChI is InChI=1S/C18H14FNO3/c1-11-3-4-13(9-16(11)19)18(22)15(10-20)17(21)12-5-7-14(23-2)8-6-12/h3-9,15H,1-2H3/t15-/m1/s1. The number of carbonyl (C=O) groups is 2. The molecule has 0 bridgehead atoms. The van der Waals surface area contributed by atoms with E-state index in [9.17, 15) is 19.2 Å². The van der Waals surface area contributed by atoms with Gasteiger partial charge < -0.3 is 4.74 Å². The Labute approximate surface area is 133 Å². The number of hydrogen-bond acceptors (Lipinski definition) is 4. The van der Waals surface area contributed by atoms with E-state index in [1.54, 1.807) is 25.1 Å². The van der Waals surface area contributed by atoms with E-state index in [-0.39, 0.29) is 11.1 Å². The Morgan fingerprint density at radius 1 is 1.09 bits per heavy atom. The van der Waals surface area contributed by atoms with Crippen molar-refractivity contribution in [1.82, 2.24) is 0 Å². The summed E-state index contributed by atoms with van der Waals surface area (Å²) in [6, 6.07) is 11.7. The molecule has 2 rings (SSSR count). The van der Waals surface area contributed by atoms with Gasteiger partial charge in [-0.25, -0.2) is 4.39 Å². The predicted octanol–water partition coefficient (Wildman–Crippen LogP) is 3.35. The summed E-state index contributed by atoms with van der Waals surface area (Å²) in [6.45, 7) is 1.56. The van der Waals surface area contributed by atoms with Gasteiger partial charge in [0.2, 0.25) is 0 Å². The van der Waals surface area contributed by atoms with Crippen molar-refractivity contribution in [2.24, 2.45) is 5.92 Å². The number of Topliss-reactive ketones (excluding diaryl/α,β-unsaturated/α-hetero) is 2. The number of halogens is 1.